The van der Waals surface area contributed by atoms with Crippen LogP contribution in [0.15, 0.2) is 24.3 Å². The number of ether oxygens (including phenoxy) is 1. The number of carbonyl (C=O) groups is 1. The molecule has 0 spiro atoms. The molecule has 2 rings (SSSR count). The normalized spacial score (nSPS) is 19.8. The molecule has 0 radical (unpaired) electrons. The first-order chi connectivity index (χ1) is 9.74. The molecule has 4 heteroatoms. The highest BCUT2D eigenvalue weighted by Crippen LogP contribution is 2.21. The maximum atomic E-state index is 11.5. The second-order valence-electron chi connectivity index (χ2n) is 5.38. The topological polar surface area (TPSA) is 55.6 Å². The molecule has 1 aliphatic rings. The lowest BCUT2D eigenvalue weighted by atomic mass is 9.99. The number of nitrogens with two attached hydrogens (primary N) is 1. The van der Waals surface area contributed by atoms with Crippen molar-refractivity contribution in [1.29, 1.82) is 0 Å². The third-order valence-electron chi connectivity index (χ3n) is 4.08. The van der Waals surface area contributed by atoms with Crippen molar-refractivity contribution in [1.82, 2.24) is 4.90 Å². The summed E-state index contributed by atoms with van der Waals surface area (Å²) in [7, 11) is 1.43. The lowest BCUT2D eigenvalue weighted by Gasteiger charge is -2.35. The molecule has 1 aliphatic heterocycles. The molecule has 0 bridgehead atoms. The summed E-state index contributed by atoms with van der Waals surface area (Å²) in [6.45, 7) is 2.67. The lowest BCUT2D eigenvalue weighted by molar-refractivity contribution is -0.139. The Labute approximate surface area is 120 Å². The van der Waals surface area contributed by atoms with Crippen LogP contribution in [0.1, 0.15) is 30.4 Å². The van der Waals surface area contributed by atoms with Crippen LogP contribution in [0.2, 0.25) is 0 Å². The van der Waals surface area contributed by atoms with Crippen LogP contribution in [-0.2, 0) is 22.5 Å². The third kappa shape index (κ3) is 3.81. The van der Waals surface area contributed by atoms with Gasteiger partial charge in [0.15, 0.2) is 0 Å². The monoisotopic (exact) mass is 276 g/mol. The minimum absolute atomic E-state index is 0.188. The van der Waals surface area contributed by atoms with Gasteiger partial charge in [0.25, 0.3) is 0 Å². The van der Waals surface area contributed by atoms with E-state index in [1.807, 2.05) is 18.2 Å². The van der Waals surface area contributed by atoms with Gasteiger partial charge in [0.05, 0.1) is 13.5 Å². The van der Waals surface area contributed by atoms with Crippen molar-refractivity contribution in [3.8, 4) is 0 Å². The Bertz CT molecular complexity index is 448. The van der Waals surface area contributed by atoms with E-state index >= 15 is 0 Å². The van der Waals surface area contributed by atoms with Crippen LogP contribution < -0.4 is 5.73 Å². The van der Waals surface area contributed by atoms with Gasteiger partial charge in [-0.2, -0.15) is 0 Å². The van der Waals surface area contributed by atoms with E-state index < -0.39 is 0 Å². The van der Waals surface area contributed by atoms with Crippen LogP contribution in [0.5, 0.6) is 0 Å². The second-order valence-corrected chi connectivity index (χ2v) is 5.38. The zero-order valence-corrected chi connectivity index (χ0v) is 12.2. The van der Waals surface area contributed by atoms with Crippen molar-refractivity contribution in [2.24, 2.45) is 5.73 Å². The number of hydrogen-bond donors (Lipinski definition) is 1. The van der Waals surface area contributed by atoms with Gasteiger partial charge >= 0.3 is 5.97 Å². The van der Waals surface area contributed by atoms with Gasteiger partial charge in [0.2, 0.25) is 0 Å². The molecule has 1 saturated heterocycles. The minimum Gasteiger partial charge on any atom is -0.469 e. The molecule has 110 valence electrons. The number of likely N-dealkylation sites (tertiary alicyclic amines) is 1. The number of methoxy groups -OCH3 is 1. The Balaban J connectivity index is 2.09. The summed E-state index contributed by atoms with van der Waals surface area (Å²) in [6, 6.07) is 8.57. The van der Waals surface area contributed by atoms with Crippen LogP contribution in [0.3, 0.4) is 0 Å². The fourth-order valence-electron chi connectivity index (χ4n) is 2.87. The van der Waals surface area contributed by atoms with Crippen molar-refractivity contribution in [3.63, 3.8) is 0 Å². The van der Waals surface area contributed by atoms with Gasteiger partial charge in [-0.3, -0.25) is 9.69 Å². The number of carbonyl (C=O) groups excluding carboxylic acids is 1. The molecule has 0 amide bonds. The van der Waals surface area contributed by atoms with Gasteiger partial charge < -0.3 is 10.5 Å². The third-order valence-corrected chi connectivity index (χ3v) is 4.08. The Hall–Kier alpha value is -1.39. The van der Waals surface area contributed by atoms with Gasteiger partial charge in [-0.1, -0.05) is 30.7 Å². The molecule has 1 aromatic carbocycles. The maximum Gasteiger partial charge on any atom is 0.309 e. The number of nitrogens with zero attached hydrogens (tertiary/aromatic N) is 1. The van der Waals surface area contributed by atoms with E-state index in [-0.39, 0.29) is 5.97 Å². The molecule has 0 aliphatic carbocycles. The molecule has 20 heavy (non-hydrogen) atoms. The standard InChI is InChI=1S/C16H24N2O2/c1-20-16(19)10-13-6-2-3-7-14(13)12-18-9-5-4-8-15(18)11-17/h2-3,6-7,15H,4-5,8-12,17H2,1H3. The van der Waals surface area contributed by atoms with Crippen molar-refractivity contribution >= 4 is 5.97 Å². The van der Waals surface area contributed by atoms with Crippen molar-refractivity contribution in [3.05, 3.63) is 35.4 Å². The van der Waals surface area contributed by atoms with E-state index in [0.29, 0.717) is 19.0 Å². The summed E-state index contributed by atoms with van der Waals surface area (Å²) in [5, 5.41) is 0. The summed E-state index contributed by atoms with van der Waals surface area (Å²) in [5.74, 6) is -0.188. The second kappa shape index (κ2) is 7.41. The van der Waals surface area contributed by atoms with E-state index in [1.165, 1.54) is 31.9 Å². The van der Waals surface area contributed by atoms with Gasteiger partial charge in [0, 0.05) is 19.1 Å². The minimum atomic E-state index is -0.188. The molecule has 1 aromatic rings. The van der Waals surface area contributed by atoms with E-state index in [9.17, 15) is 4.79 Å². The van der Waals surface area contributed by atoms with Crippen LogP contribution in [-0.4, -0.2) is 37.1 Å². The van der Waals surface area contributed by atoms with Crippen molar-refractivity contribution in [2.75, 3.05) is 20.2 Å². The van der Waals surface area contributed by atoms with Crippen molar-refractivity contribution < 1.29 is 9.53 Å². The number of esters is 1. The summed E-state index contributed by atoms with van der Waals surface area (Å²) in [4.78, 5) is 13.9. The van der Waals surface area contributed by atoms with Crippen molar-refractivity contribution in [2.45, 2.75) is 38.3 Å². The molecular weight excluding hydrogens is 252 g/mol. The van der Waals surface area contributed by atoms with Gasteiger partial charge in [-0.25, -0.2) is 0 Å². The Morgan fingerprint density at radius 1 is 1.35 bits per heavy atom. The predicted molar refractivity (Wildman–Crippen MR) is 79.3 cm³/mol. The summed E-state index contributed by atoms with van der Waals surface area (Å²) in [6.07, 6.45) is 4.02. The molecular formula is C16H24N2O2. The van der Waals surface area contributed by atoms with Crippen LogP contribution in [0.25, 0.3) is 0 Å². The molecule has 1 atom stereocenters. The maximum absolute atomic E-state index is 11.5. The smallest absolute Gasteiger partial charge is 0.309 e. The highest BCUT2D eigenvalue weighted by Gasteiger charge is 2.22. The van der Waals surface area contributed by atoms with Crippen LogP contribution in [0, 0.1) is 0 Å². The number of benzene rings is 1. The summed E-state index contributed by atoms with van der Waals surface area (Å²) >= 11 is 0. The lowest BCUT2D eigenvalue weighted by Crippen LogP contribution is -2.43. The average Bonchev–Trinajstić information content (AvgIpc) is 2.49. The quantitative estimate of drug-likeness (QED) is 0.832. The SMILES string of the molecule is COC(=O)Cc1ccccc1CN1CCCCC1CN. The molecule has 0 aromatic heterocycles. The molecule has 1 heterocycles. The van der Waals surface area contributed by atoms with E-state index in [4.69, 9.17) is 10.5 Å². The summed E-state index contributed by atoms with van der Waals surface area (Å²) < 4.78 is 4.77. The van der Waals surface area contributed by atoms with Gasteiger partial charge in [-0.05, 0) is 30.5 Å². The zero-order valence-electron chi connectivity index (χ0n) is 12.2. The fourth-order valence-corrected chi connectivity index (χ4v) is 2.87. The highest BCUT2D eigenvalue weighted by molar-refractivity contribution is 5.72. The van der Waals surface area contributed by atoms with E-state index in [0.717, 1.165) is 18.7 Å². The first kappa shape index (κ1) is 15.0. The first-order valence-corrected chi connectivity index (χ1v) is 7.32. The first-order valence-electron chi connectivity index (χ1n) is 7.32. The number of hydrogen-bond acceptors (Lipinski definition) is 4. The molecule has 1 unspecified atom stereocenters. The van der Waals surface area contributed by atoms with Gasteiger partial charge in [0.1, 0.15) is 0 Å². The zero-order chi connectivity index (χ0) is 14.4. The van der Waals surface area contributed by atoms with Crippen LogP contribution >= 0.6 is 0 Å². The predicted octanol–water partition coefficient (Wildman–Crippen LogP) is 1.72. The fraction of sp³-hybridized carbons (Fsp3) is 0.562. The van der Waals surface area contributed by atoms with Gasteiger partial charge in [-0.15, -0.1) is 0 Å². The summed E-state index contributed by atoms with van der Waals surface area (Å²) in [5.41, 5.74) is 8.13. The highest BCUT2D eigenvalue weighted by atomic mass is 16.5. The molecule has 1 fully saturated rings. The molecule has 4 nitrogen and oxygen atoms in total. The number of piperidine rings is 1. The van der Waals surface area contributed by atoms with Crippen LogP contribution in [0.4, 0.5) is 0 Å². The Kier molecular flexibility index (Phi) is 5.56. The molecule has 0 saturated carbocycles. The Morgan fingerprint density at radius 3 is 2.80 bits per heavy atom. The van der Waals surface area contributed by atoms with E-state index in [2.05, 4.69) is 11.0 Å². The number of rotatable bonds is 5. The van der Waals surface area contributed by atoms with E-state index in [1.54, 1.807) is 0 Å². The average molecular weight is 276 g/mol. The Morgan fingerprint density at radius 2 is 2.10 bits per heavy atom. The largest absolute Gasteiger partial charge is 0.469 e. The molecule has 2 N–H and O–H groups in total.